The molecule has 1 aromatic rings. The summed E-state index contributed by atoms with van der Waals surface area (Å²) in [6.07, 6.45) is 6.03. The number of aryl methyl sites for hydroxylation is 1. The molecule has 0 atom stereocenters. The maximum absolute atomic E-state index is 5.57. The topological polar surface area (TPSA) is 50.4 Å². The highest BCUT2D eigenvalue weighted by Crippen LogP contribution is 2.21. The summed E-state index contributed by atoms with van der Waals surface area (Å²) < 4.78 is 0. The van der Waals surface area contributed by atoms with Crippen LogP contribution in [0.4, 0.5) is 0 Å². The molecule has 0 aliphatic heterocycles. The van der Waals surface area contributed by atoms with Gasteiger partial charge in [0, 0.05) is 5.56 Å². The lowest BCUT2D eigenvalue weighted by atomic mass is 10.1. The van der Waals surface area contributed by atoms with E-state index in [0.29, 0.717) is 6.04 Å². The summed E-state index contributed by atoms with van der Waals surface area (Å²) in [6, 6.07) is 8.90. The largest absolute Gasteiger partial charge is 0.308 e. The molecule has 92 valence electrons. The van der Waals surface area contributed by atoms with Crippen LogP contribution in [0.5, 0.6) is 0 Å². The average Bonchev–Trinajstić information content (AvgIpc) is 2.89. The quantitative estimate of drug-likeness (QED) is 0.363. The van der Waals surface area contributed by atoms with Crippen LogP contribution in [0, 0.1) is 0 Å². The van der Waals surface area contributed by atoms with Crippen molar-refractivity contribution in [1.82, 2.24) is 5.43 Å². The second-order valence-corrected chi connectivity index (χ2v) is 4.61. The zero-order chi connectivity index (χ0) is 12.1. The standard InChI is InChI=1S/C14H21N3/c1-2-11-7-9-12(10-8-11)14(17-15)16-13-5-3-4-6-13/h7-10,13H,2-6,15H2,1H3,(H,16,17). The SMILES string of the molecule is CCc1ccc(C(=NC2CCCC2)NN)cc1. The van der Waals surface area contributed by atoms with Crippen molar-refractivity contribution < 1.29 is 0 Å². The normalized spacial score (nSPS) is 17.4. The lowest BCUT2D eigenvalue weighted by Gasteiger charge is -2.10. The maximum Gasteiger partial charge on any atom is 0.142 e. The van der Waals surface area contributed by atoms with Crippen LogP contribution in [0.2, 0.25) is 0 Å². The fourth-order valence-corrected chi connectivity index (χ4v) is 2.31. The van der Waals surface area contributed by atoms with E-state index in [2.05, 4.69) is 36.6 Å². The second-order valence-electron chi connectivity index (χ2n) is 4.61. The van der Waals surface area contributed by atoms with E-state index in [-0.39, 0.29) is 0 Å². The Hall–Kier alpha value is -1.35. The Morgan fingerprint density at radius 3 is 2.47 bits per heavy atom. The van der Waals surface area contributed by atoms with Crippen molar-refractivity contribution in [3.63, 3.8) is 0 Å². The van der Waals surface area contributed by atoms with Gasteiger partial charge < -0.3 is 5.43 Å². The van der Waals surface area contributed by atoms with Gasteiger partial charge in [0.05, 0.1) is 6.04 Å². The summed E-state index contributed by atoms with van der Waals surface area (Å²) in [5.74, 6) is 6.39. The van der Waals surface area contributed by atoms with E-state index in [1.165, 1.54) is 31.2 Å². The van der Waals surface area contributed by atoms with Crippen LogP contribution in [0.1, 0.15) is 43.7 Å². The van der Waals surface area contributed by atoms with Crippen LogP contribution in [0.3, 0.4) is 0 Å². The summed E-state index contributed by atoms with van der Waals surface area (Å²) in [5.41, 5.74) is 5.15. The monoisotopic (exact) mass is 231 g/mol. The van der Waals surface area contributed by atoms with Gasteiger partial charge in [0.2, 0.25) is 0 Å². The first-order chi connectivity index (χ1) is 8.33. The number of nitrogens with zero attached hydrogens (tertiary/aromatic N) is 1. The number of nitrogens with two attached hydrogens (primary N) is 1. The van der Waals surface area contributed by atoms with Crippen LogP contribution in [0.15, 0.2) is 29.3 Å². The first kappa shape index (κ1) is 12.1. The Labute approximate surface area is 103 Å². The van der Waals surface area contributed by atoms with Gasteiger partial charge in [-0.2, -0.15) is 0 Å². The molecule has 0 bridgehead atoms. The van der Waals surface area contributed by atoms with Gasteiger partial charge in [-0.3, -0.25) is 4.99 Å². The predicted octanol–water partition coefficient (Wildman–Crippen LogP) is 2.40. The smallest absolute Gasteiger partial charge is 0.142 e. The molecule has 0 spiro atoms. The summed E-state index contributed by atoms with van der Waals surface area (Å²) in [4.78, 5) is 4.70. The van der Waals surface area contributed by atoms with Crippen LogP contribution >= 0.6 is 0 Å². The van der Waals surface area contributed by atoms with Gasteiger partial charge in [0.1, 0.15) is 5.84 Å². The van der Waals surface area contributed by atoms with Gasteiger partial charge in [-0.1, -0.05) is 44.0 Å². The molecule has 1 saturated carbocycles. The molecule has 1 aliphatic rings. The summed E-state index contributed by atoms with van der Waals surface area (Å²) in [5, 5.41) is 0. The van der Waals surface area contributed by atoms with Crippen molar-refractivity contribution in [3.05, 3.63) is 35.4 Å². The molecule has 0 unspecified atom stereocenters. The number of nitrogens with one attached hydrogen (secondary N) is 1. The molecule has 17 heavy (non-hydrogen) atoms. The molecule has 0 amide bonds. The number of rotatable bonds is 3. The van der Waals surface area contributed by atoms with E-state index in [4.69, 9.17) is 10.8 Å². The van der Waals surface area contributed by atoms with E-state index >= 15 is 0 Å². The molecule has 3 heteroatoms. The van der Waals surface area contributed by atoms with E-state index in [9.17, 15) is 0 Å². The second kappa shape index (κ2) is 5.82. The zero-order valence-electron chi connectivity index (χ0n) is 10.4. The Morgan fingerprint density at radius 2 is 1.94 bits per heavy atom. The minimum absolute atomic E-state index is 0.451. The Morgan fingerprint density at radius 1 is 1.29 bits per heavy atom. The van der Waals surface area contributed by atoms with E-state index in [1.54, 1.807) is 0 Å². The number of aliphatic imine (C=N–C) groups is 1. The molecule has 2 rings (SSSR count). The van der Waals surface area contributed by atoms with Crippen molar-refractivity contribution in [3.8, 4) is 0 Å². The van der Waals surface area contributed by atoms with E-state index in [1.807, 2.05) is 0 Å². The first-order valence-electron chi connectivity index (χ1n) is 6.47. The van der Waals surface area contributed by atoms with Crippen molar-refractivity contribution in [2.45, 2.75) is 45.1 Å². The number of hydrazine groups is 1. The maximum atomic E-state index is 5.57. The molecule has 1 aromatic carbocycles. The molecular weight excluding hydrogens is 210 g/mol. The number of hydrogen-bond donors (Lipinski definition) is 2. The van der Waals surface area contributed by atoms with Gasteiger partial charge >= 0.3 is 0 Å². The lowest BCUT2D eigenvalue weighted by Crippen LogP contribution is -2.32. The van der Waals surface area contributed by atoms with Gasteiger partial charge in [-0.25, -0.2) is 5.84 Å². The molecule has 3 nitrogen and oxygen atoms in total. The molecule has 0 heterocycles. The van der Waals surface area contributed by atoms with E-state index < -0.39 is 0 Å². The number of benzene rings is 1. The van der Waals surface area contributed by atoms with Gasteiger partial charge in [0.15, 0.2) is 0 Å². The van der Waals surface area contributed by atoms with Crippen molar-refractivity contribution in [2.75, 3.05) is 0 Å². The minimum atomic E-state index is 0.451. The summed E-state index contributed by atoms with van der Waals surface area (Å²) in [7, 11) is 0. The third-order valence-corrected chi connectivity index (χ3v) is 3.41. The lowest BCUT2D eigenvalue weighted by molar-refractivity contribution is 0.701. The summed E-state index contributed by atoms with van der Waals surface area (Å²) >= 11 is 0. The Kier molecular flexibility index (Phi) is 4.15. The molecule has 3 N–H and O–H groups in total. The Bertz CT molecular complexity index is 375. The van der Waals surface area contributed by atoms with Crippen molar-refractivity contribution in [1.29, 1.82) is 0 Å². The van der Waals surface area contributed by atoms with Crippen LogP contribution in [0.25, 0.3) is 0 Å². The molecule has 1 fully saturated rings. The Balaban J connectivity index is 2.15. The van der Waals surface area contributed by atoms with Gasteiger partial charge in [-0.05, 0) is 24.8 Å². The van der Waals surface area contributed by atoms with Crippen LogP contribution in [-0.2, 0) is 6.42 Å². The highest BCUT2D eigenvalue weighted by Gasteiger charge is 2.14. The van der Waals surface area contributed by atoms with Gasteiger partial charge in [0.25, 0.3) is 0 Å². The molecular formula is C14H21N3. The highest BCUT2D eigenvalue weighted by molar-refractivity contribution is 5.98. The van der Waals surface area contributed by atoms with Crippen LogP contribution in [-0.4, -0.2) is 11.9 Å². The number of hydrogen-bond acceptors (Lipinski definition) is 2. The molecule has 0 saturated heterocycles. The summed E-state index contributed by atoms with van der Waals surface area (Å²) in [6.45, 7) is 2.16. The highest BCUT2D eigenvalue weighted by atomic mass is 15.3. The average molecular weight is 231 g/mol. The third-order valence-electron chi connectivity index (χ3n) is 3.41. The zero-order valence-corrected chi connectivity index (χ0v) is 10.4. The van der Waals surface area contributed by atoms with Crippen molar-refractivity contribution >= 4 is 5.84 Å². The fourth-order valence-electron chi connectivity index (χ4n) is 2.31. The molecule has 0 radical (unpaired) electrons. The first-order valence-corrected chi connectivity index (χ1v) is 6.47. The third kappa shape index (κ3) is 3.07. The van der Waals surface area contributed by atoms with E-state index in [0.717, 1.165) is 17.8 Å². The van der Waals surface area contributed by atoms with Crippen LogP contribution < -0.4 is 11.3 Å². The fraction of sp³-hybridized carbons (Fsp3) is 0.500. The minimum Gasteiger partial charge on any atom is -0.308 e. The van der Waals surface area contributed by atoms with Gasteiger partial charge in [-0.15, -0.1) is 0 Å². The van der Waals surface area contributed by atoms with Crippen molar-refractivity contribution in [2.24, 2.45) is 10.8 Å². The molecule has 0 aromatic heterocycles. The number of amidine groups is 1. The molecule has 1 aliphatic carbocycles. The predicted molar refractivity (Wildman–Crippen MR) is 71.9 cm³/mol.